The minimum Gasteiger partial charge on any atom is -0.397 e. The fourth-order valence-electron chi connectivity index (χ4n) is 0.353. The van der Waals surface area contributed by atoms with Crippen LogP contribution in [0.15, 0.2) is 36.3 Å². The maximum atomic E-state index is 11.5. The van der Waals surface area contributed by atoms with E-state index in [4.69, 9.17) is 5.73 Å². The first-order chi connectivity index (χ1) is 4.20. The van der Waals surface area contributed by atoms with Crippen molar-refractivity contribution in [3.8, 4) is 0 Å². The molecule has 2 N–H and O–H groups in total. The Labute approximate surface area is 54.4 Å². The smallest absolute Gasteiger partial charge is 0.110 e. The molecule has 0 rings (SSSR count). The van der Waals surface area contributed by atoms with E-state index in [2.05, 4.69) is 6.58 Å². The second-order valence-corrected chi connectivity index (χ2v) is 1.70. The van der Waals surface area contributed by atoms with Crippen molar-refractivity contribution in [2.75, 3.05) is 0 Å². The van der Waals surface area contributed by atoms with Crippen molar-refractivity contribution in [3.05, 3.63) is 36.3 Å². The number of rotatable bonds is 2. The van der Waals surface area contributed by atoms with Crippen LogP contribution in [-0.2, 0) is 0 Å². The Morgan fingerprint density at radius 1 is 1.67 bits per heavy atom. The third-order valence-electron chi connectivity index (χ3n) is 0.842. The molecule has 0 radical (unpaired) electrons. The van der Waals surface area contributed by atoms with Gasteiger partial charge in [0.2, 0.25) is 0 Å². The maximum absolute atomic E-state index is 11.5. The molecule has 0 atom stereocenters. The Hall–Kier alpha value is -1.05. The number of allylic oxidation sites excluding steroid dienone is 3. The molecule has 0 spiro atoms. The first-order valence-corrected chi connectivity index (χ1v) is 2.57. The van der Waals surface area contributed by atoms with Crippen molar-refractivity contribution in [1.82, 2.24) is 0 Å². The molecule has 0 aromatic heterocycles. The van der Waals surface area contributed by atoms with Gasteiger partial charge in [-0.05, 0) is 18.6 Å². The lowest BCUT2D eigenvalue weighted by Crippen LogP contribution is -1.91. The van der Waals surface area contributed by atoms with Gasteiger partial charge in [-0.15, -0.1) is 0 Å². The zero-order chi connectivity index (χ0) is 7.28. The molecule has 1 nitrogen and oxygen atoms in total. The molecule has 9 heavy (non-hydrogen) atoms. The number of hydrogen-bond donors (Lipinski definition) is 1. The van der Waals surface area contributed by atoms with E-state index in [-0.39, 0.29) is 5.70 Å². The Morgan fingerprint density at radius 2 is 2.22 bits per heavy atom. The Bertz CT molecular complexity index is 156. The van der Waals surface area contributed by atoms with Crippen molar-refractivity contribution >= 4 is 0 Å². The SMILES string of the molecule is C=C/C(C)=C\C(N)=C\F. The van der Waals surface area contributed by atoms with E-state index < -0.39 is 0 Å². The Kier molecular flexibility index (Phi) is 3.44. The van der Waals surface area contributed by atoms with Crippen molar-refractivity contribution < 1.29 is 4.39 Å². The summed E-state index contributed by atoms with van der Waals surface area (Å²) in [4.78, 5) is 0. The Balaban J connectivity index is 4.11. The lowest BCUT2D eigenvalue weighted by molar-refractivity contribution is 0.711. The molecule has 0 fully saturated rings. The molecule has 50 valence electrons. The summed E-state index contributed by atoms with van der Waals surface area (Å²) in [6.45, 7) is 5.27. The summed E-state index contributed by atoms with van der Waals surface area (Å²) in [6, 6.07) is 0. The second kappa shape index (κ2) is 3.89. The first kappa shape index (κ1) is 7.95. The van der Waals surface area contributed by atoms with Crippen LogP contribution >= 0.6 is 0 Å². The number of nitrogens with two attached hydrogens (primary N) is 1. The van der Waals surface area contributed by atoms with Crippen molar-refractivity contribution in [2.24, 2.45) is 5.73 Å². The topological polar surface area (TPSA) is 26.0 Å². The highest BCUT2D eigenvalue weighted by molar-refractivity contribution is 5.24. The molecule has 0 bridgehead atoms. The molecule has 0 saturated carbocycles. The predicted molar refractivity (Wildman–Crippen MR) is 37.3 cm³/mol. The van der Waals surface area contributed by atoms with E-state index in [1.165, 1.54) is 6.08 Å². The minimum atomic E-state index is 0.118. The summed E-state index contributed by atoms with van der Waals surface area (Å²) in [5, 5.41) is 0. The number of hydrogen-bond acceptors (Lipinski definition) is 1. The van der Waals surface area contributed by atoms with E-state index in [1.54, 1.807) is 13.0 Å². The predicted octanol–water partition coefficient (Wildman–Crippen LogP) is 1.89. The number of halogens is 1. The van der Waals surface area contributed by atoms with Gasteiger partial charge in [-0.25, -0.2) is 4.39 Å². The van der Waals surface area contributed by atoms with Gasteiger partial charge in [0.1, 0.15) is 6.33 Å². The molecular formula is C7H10FN. The van der Waals surface area contributed by atoms with E-state index in [9.17, 15) is 4.39 Å². The zero-order valence-electron chi connectivity index (χ0n) is 5.39. The highest BCUT2D eigenvalue weighted by atomic mass is 19.1. The molecule has 0 aliphatic heterocycles. The lowest BCUT2D eigenvalue weighted by Gasteiger charge is -1.89. The van der Waals surface area contributed by atoms with Gasteiger partial charge >= 0.3 is 0 Å². The van der Waals surface area contributed by atoms with Gasteiger partial charge in [-0.1, -0.05) is 12.7 Å². The van der Waals surface area contributed by atoms with Gasteiger partial charge in [-0.2, -0.15) is 0 Å². The largest absolute Gasteiger partial charge is 0.397 e. The summed E-state index contributed by atoms with van der Waals surface area (Å²) in [6.07, 6.45) is 3.47. The van der Waals surface area contributed by atoms with Crippen LogP contribution in [0.4, 0.5) is 4.39 Å². The third-order valence-corrected chi connectivity index (χ3v) is 0.842. The minimum absolute atomic E-state index is 0.118. The van der Waals surface area contributed by atoms with Crippen LogP contribution < -0.4 is 5.73 Å². The molecule has 0 aromatic rings. The van der Waals surface area contributed by atoms with Gasteiger partial charge in [0.25, 0.3) is 0 Å². The Morgan fingerprint density at radius 3 is 2.56 bits per heavy atom. The summed E-state index contributed by atoms with van der Waals surface area (Å²) < 4.78 is 11.5. The average Bonchev–Trinajstić information content (AvgIpc) is 1.87. The molecule has 0 saturated heterocycles. The molecule has 2 heteroatoms. The quantitative estimate of drug-likeness (QED) is 0.563. The first-order valence-electron chi connectivity index (χ1n) is 2.57. The van der Waals surface area contributed by atoms with Crippen LogP contribution in [0.5, 0.6) is 0 Å². The maximum Gasteiger partial charge on any atom is 0.110 e. The molecule has 0 aromatic carbocycles. The van der Waals surface area contributed by atoms with Crippen LogP contribution in [0.2, 0.25) is 0 Å². The van der Waals surface area contributed by atoms with E-state index >= 15 is 0 Å². The van der Waals surface area contributed by atoms with Gasteiger partial charge in [-0.3, -0.25) is 0 Å². The molecule has 0 amide bonds. The highest BCUT2D eigenvalue weighted by Crippen LogP contribution is 1.96. The van der Waals surface area contributed by atoms with E-state index in [0.717, 1.165) is 5.57 Å². The van der Waals surface area contributed by atoms with Crippen LogP contribution in [0, 0.1) is 0 Å². The summed E-state index contributed by atoms with van der Waals surface area (Å²) in [5.74, 6) is 0. The van der Waals surface area contributed by atoms with E-state index in [1.807, 2.05) is 0 Å². The van der Waals surface area contributed by atoms with Gasteiger partial charge in [0.05, 0.1) is 5.70 Å². The summed E-state index contributed by atoms with van der Waals surface area (Å²) in [5.41, 5.74) is 6.08. The average molecular weight is 127 g/mol. The summed E-state index contributed by atoms with van der Waals surface area (Å²) in [7, 11) is 0. The van der Waals surface area contributed by atoms with E-state index in [0.29, 0.717) is 6.33 Å². The lowest BCUT2D eigenvalue weighted by atomic mass is 10.2. The van der Waals surface area contributed by atoms with Crippen LogP contribution in [0.1, 0.15) is 6.92 Å². The second-order valence-electron chi connectivity index (χ2n) is 1.70. The van der Waals surface area contributed by atoms with Crippen molar-refractivity contribution in [3.63, 3.8) is 0 Å². The molecule has 0 heterocycles. The normalized spacial score (nSPS) is 13.6. The molecule has 0 aliphatic rings. The standard InChI is InChI=1S/C7H10FN/c1-3-6(2)4-7(9)5-8/h3-5H,1,9H2,2H3/b6-4-,7-5-. The molecule has 0 unspecified atom stereocenters. The fourth-order valence-corrected chi connectivity index (χ4v) is 0.353. The van der Waals surface area contributed by atoms with Gasteiger partial charge < -0.3 is 5.73 Å². The fraction of sp³-hybridized carbons (Fsp3) is 0.143. The van der Waals surface area contributed by atoms with Crippen molar-refractivity contribution in [1.29, 1.82) is 0 Å². The molecular weight excluding hydrogens is 117 g/mol. The van der Waals surface area contributed by atoms with Crippen LogP contribution in [-0.4, -0.2) is 0 Å². The van der Waals surface area contributed by atoms with Gasteiger partial charge in [0.15, 0.2) is 0 Å². The molecule has 0 aliphatic carbocycles. The van der Waals surface area contributed by atoms with Crippen LogP contribution in [0.25, 0.3) is 0 Å². The van der Waals surface area contributed by atoms with Crippen LogP contribution in [0.3, 0.4) is 0 Å². The monoisotopic (exact) mass is 127 g/mol. The van der Waals surface area contributed by atoms with Gasteiger partial charge in [0, 0.05) is 0 Å². The highest BCUT2D eigenvalue weighted by Gasteiger charge is 1.82. The van der Waals surface area contributed by atoms with Crippen molar-refractivity contribution in [2.45, 2.75) is 6.92 Å². The summed E-state index contributed by atoms with van der Waals surface area (Å²) >= 11 is 0. The third kappa shape index (κ3) is 3.53. The zero-order valence-corrected chi connectivity index (χ0v) is 5.39.